The van der Waals surface area contributed by atoms with Gasteiger partial charge in [-0.25, -0.2) is 19.6 Å². The molecule has 3 aliphatic heterocycles. The molecule has 0 spiro atoms. The van der Waals surface area contributed by atoms with Crippen molar-refractivity contribution in [2.24, 2.45) is 16.2 Å². The van der Waals surface area contributed by atoms with Crippen LogP contribution in [0.5, 0.6) is 11.5 Å². The zero-order valence-corrected chi connectivity index (χ0v) is 82.0. The van der Waals surface area contributed by atoms with Crippen molar-refractivity contribution in [1.29, 1.82) is 0 Å². The van der Waals surface area contributed by atoms with Gasteiger partial charge in [0.05, 0.1) is 7.92 Å². The molecule has 0 aromatic heterocycles. The number of anilines is 3. The van der Waals surface area contributed by atoms with E-state index < -0.39 is 48.5 Å². The molecule has 5 nitrogen and oxygen atoms in total. The Morgan fingerprint density at radius 2 is 0.658 bits per heavy atom. The topological polar surface area (TPSA) is 28.2 Å². The fraction of sp³-hybridized carbons (Fsp3) is 0.394. The molecule has 3 saturated heterocycles. The Hall–Kier alpha value is -4.37. The molecule has 0 aliphatic carbocycles. The second-order valence-corrected chi connectivity index (χ2v) is 53.5. The number of hydrogen-bond acceptors (Lipinski definition) is 5. The first-order valence-corrected chi connectivity index (χ1v) is 57.4. The van der Waals surface area contributed by atoms with Gasteiger partial charge in [-0.15, -0.1) is 16.2 Å². The van der Waals surface area contributed by atoms with Crippen LogP contribution in [0.3, 0.4) is 0 Å². The van der Waals surface area contributed by atoms with Crippen LogP contribution in [0, 0.1) is 49.7 Å². The van der Waals surface area contributed by atoms with Crippen LogP contribution in [-0.4, -0.2) is 42.7 Å². The van der Waals surface area contributed by atoms with E-state index in [1.54, 1.807) is 0 Å². The van der Waals surface area contributed by atoms with Crippen LogP contribution in [0.4, 0.5) is 17.1 Å². The van der Waals surface area contributed by atoms with E-state index >= 15 is 0 Å². The predicted molar refractivity (Wildman–Crippen MR) is 504 cm³/mol. The summed E-state index contributed by atoms with van der Waals surface area (Å²) in [6.45, 7) is 59.2. The molecule has 0 bridgehead atoms. The van der Waals surface area contributed by atoms with Crippen LogP contribution in [0.2, 0.25) is 0 Å². The van der Waals surface area contributed by atoms with Crippen LogP contribution in [0.1, 0.15) is 228 Å². The molecule has 3 heterocycles. The van der Waals surface area contributed by atoms with Gasteiger partial charge in [0.25, 0.3) is 0 Å². The van der Waals surface area contributed by atoms with Gasteiger partial charge in [-0.05, 0) is 150 Å². The first kappa shape index (κ1) is 100. The fourth-order valence-corrected chi connectivity index (χ4v) is 23.7. The number of halogens is 6. The third-order valence-electron chi connectivity index (χ3n) is 19.5. The minimum atomic E-state index is -1.77. The van der Waals surface area contributed by atoms with Crippen LogP contribution in [0.15, 0.2) is 224 Å². The Morgan fingerprint density at radius 1 is 0.368 bits per heavy atom. The SMILES string of the molecule is C.CC(C)Oc1ccccc1[CH]=[Ru]([Cl])[Cl].CC(C)Oc1ccccc1[CH]=[Ru]([Cl])[Cl].CCc1cccc(C)c1N1[CH-]C(C)(C)CC1(C)C.CCc1cccc(CC)c1N1[CH-]C(C)(C)CC1(C)C.Cc1cccc(C(C)C)c1N1[CH-]C(C)(C)CC1(C)C.[Cl][Ru]([Cl])=[CH]c1ccccc1.c1ccc([PH+](c2ccccc2)c2ccccc2)cc1. The minimum Gasteiger partial charge on any atom is -0.0620 e. The molecule has 9 aromatic rings. The summed E-state index contributed by atoms with van der Waals surface area (Å²) in [7, 11) is 33.7. The maximum absolute atomic E-state index is 5.82. The molecule has 0 unspecified atom stereocenters. The number of para-hydroxylation sites is 5. The quantitative estimate of drug-likeness (QED) is 0.0515. The number of rotatable bonds is 17. The van der Waals surface area contributed by atoms with Crippen LogP contribution < -0.4 is 40.1 Å². The summed E-state index contributed by atoms with van der Waals surface area (Å²) in [6.07, 6.45) is 7.24. The van der Waals surface area contributed by atoms with Crippen molar-refractivity contribution in [2.75, 3.05) is 14.7 Å². The van der Waals surface area contributed by atoms with Crippen LogP contribution in [0.25, 0.3) is 0 Å². The maximum atomic E-state index is 5.82. The average Bonchev–Trinajstić information content (AvgIpc) is 1.67. The number of ether oxygens (including phenoxy) is 2. The third kappa shape index (κ3) is 31.7. The summed E-state index contributed by atoms with van der Waals surface area (Å²) in [5.74, 6) is 2.26. The largest absolute Gasteiger partial charge is 0.102 e. The summed E-state index contributed by atoms with van der Waals surface area (Å²) in [4.78, 5) is 7.59. The van der Waals surface area contributed by atoms with Crippen molar-refractivity contribution in [3.8, 4) is 11.5 Å². The van der Waals surface area contributed by atoms with Gasteiger partial charge >= 0.3 is 269 Å². The first-order chi connectivity index (χ1) is 53.1. The second kappa shape index (κ2) is 47.0. The Labute approximate surface area is 732 Å². The summed E-state index contributed by atoms with van der Waals surface area (Å²) >= 11 is -5.16. The molecular formula is C99H132Cl6N3O2PRu3-2. The predicted octanol–water partition coefficient (Wildman–Crippen LogP) is 28.7. The minimum absolute atomic E-state index is 0. The van der Waals surface area contributed by atoms with E-state index in [1.165, 1.54) is 85.6 Å². The Morgan fingerprint density at radius 3 is 0.974 bits per heavy atom. The van der Waals surface area contributed by atoms with Crippen molar-refractivity contribution in [2.45, 2.75) is 240 Å². The molecule has 114 heavy (non-hydrogen) atoms. The molecule has 628 valence electrons. The van der Waals surface area contributed by atoms with Gasteiger partial charge in [0.15, 0.2) is 0 Å². The molecule has 0 saturated carbocycles. The number of nitrogens with zero attached hydrogens (tertiary/aromatic N) is 3. The van der Waals surface area contributed by atoms with Crippen LogP contribution >= 0.6 is 66.1 Å². The summed E-state index contributed by atoms with van der Waals surface area (Å²) in [5.41, 5.74) is 17.5. The van der Waals surface area contributed by atoms with Gasteiger partial charge in [0.2, 0.25) is 0 Å². The van der Waals surface area contributed by atoms with E-state index in [2.05, 4.69) is 311 Å². The Kier molecular flexibility index (Phi) is 41.3. The monoisotopic (exact) mass is 1940 g/mol. The smallest absolute Gasteiger partial charge is 0.0620 e. The van der Waals surface area contributed by atoms with Gasteiger partial charge in [0.1, 0.15) is 15.9 Å². The second-order valence-electron chi connectivity index (χ2n) is 33.9. The van der Waals surface area contributed by atoms with Crippen LogP contribution in [-0.2, 0) is 59.8 Å². The first-order valence-electron chi connectivity index (χ1n) is 39.5. The molecule has 0 radical (unpaired) electrons. The van der Waals surface area contributed by atoms with Gasteiger partial charge in [-0.1, -0.05) is 212 Å². The third-order valence-corrected chi connectivity index (χ3v) is 27.7. The van der Waals surface area contributed by atoms with E-state index in [0.29, 0.717) is 5.92 Å². The molecule has 0 amide bonds. The van der Waals surface area contributed by atoms with Gasteiger partial charge in [-0.2, -0.15) is 0 Å². The molecule has 0 atom stereocenters. The van der Waals surface area contributed by atoms with Gasteiger partial charge in [0, 0.05) is 33.7 Å². The van der Waals surface area contributed by atoms with Crippen molar-refractivity contribution >= 4 is 113 Å². The molecule has 12 rings (SSSR count). The molecule has 15 heteroatoms. The van der Waals surface area contributed by atoms with Crippen molar-refractivity contribution in [3.05, 3.63) is 294 Å². The fourth-order valence-electron chi connectivity index (χ4n) is 15.7. The Bertz CT molecular complexity index is 4260. The standard InChI is InChI=1S/2C18H28N.C18H15P.C17H26N.2C10H12O.C7H6.CH4.6ClH.3Ru/c1-13(2)15-10-8-9-14(3)16(15)19-12-17(4,5)11-18(19,6)7;1-7-14-10-9-11-15(8-2)16(14)19-13-17(3,4)12-18(19,5)6;1-4-10-16(11-5-1)19(17-12-6-2-7-13-17)18-14-8-3-9-15-18;1-7-14-10-8-9-13(2)15(14)18-12-16(3,4)11-17(18,5)6;2*1-8(2)11-10-7-5-4-6-9(10)3;1-7-5-3-2-4-6-7;;;;;;;;;;/h8-10,12-13H,11H2,1-7H3;9-11,13H,7-8,12H2,1-6H3;1-15H;8-10,12H,7,11H2,1-6H3;2*3-8H,1-2H3;1-6H;1H4;6*1H;;;/q2*-1;;-1;;;;;;;;;;;3*+2/p-5. The van der Waals surface area contributed by atoms with Gasteiger partial charge in [-0.3, -0.25) is 0 Å². The molecule has 3 fully saturated rings. The summed E-state index contributed by atoms with van der Waals surface area (Å²) < 4.78 is 17.0. The summed E-state index contributed by atoms with van der Waals surface area (Å²) in [5, 5.41) is 4.31. The van der Waals surface area contributed by atoms with Gasteiger partial charge < -0.3 is 14.7 Å². The van der Waals surface area contributed by atoms with E-state index in [-0.39, 0.29) is 52.5 Å². The normalized spacial score (nSPS) is 15.9. The van der Waals surface area contributed by atoms with Crippen molar-refractivity contribution in [1.82, 2.24) is 0 Å². The van der Waals surface area contributed by atoms with E-state index in [9.17, 15) is 0 Å². The van der Waals surface area contributed by atoms with E-state index in [4.69, 9.17) is 67.6 Å². The Balaban J connectivity index is 0.000000239. The van der Waals surface area contributed by atoms with Crippen molar-refractivity contribution in [3.63, 3.8) is 0 Å². The van der Waals surface area contributed by atoms with Crippen molar-refractivity contribution < 1.29 is 50.0 Å². The number of hydrogen-bond donors (Lipinski definition) is 0. The molecular weight excluding hydrogens is 1810 g/mol. The molecule has 3 aliphatic rings. The zero-order chi connectivity index (χ0) is 83.7. The van der Waals surface area contributed by atoms with E-state index in [1.807, 2.05) is 120 Å². The average molecular weight is 1940 g/mol. The number of benzene rings is 9. The molecule has 0 N–H and O–H groups in total. The van der Waals surface area contributed by atoms with E-state index in [0.717, 1.165) is 47.5 Å². The zero-order valence-electron chi connectivity index (χ0n) is 71.3. The summed E-state index contributed by atoms with van der Waals surface area (Å²) in [6, 6.07) is 78.1. The number of aryl methyl sites for hydroxylation is 5. The maximum Gasteiger partial charge on any atom is 0.102 e. The molecule has 9 aromatic carbocycles.